The fourth-order valence-corrected chi connectivity index (χ4v) is 1.45. The van der Waals surface area contributed by atoms with E-state index >= 15 is 0 Å². The van der Waals surface area contributed by atoms with E-state index in [0.717, 1.165) is 10.0 Å². The monoisotopic (exact) mass is 252 g/mol. The zero-order chi connectivity index (χ0) is 10.7. The molecule has 1 aromatic rings. The lowest BCUT2D eigenvalue weighted by molar-refractivity contribution is -0.114. The molecule has 0 saturated heterocycles. The summed E-state index contributed by atoms with van der Waals surface area (Å²) in [6.07, 6.45) is 0. The molecule has 0 radical (unpaired) electrons. The van der Waals surface area contributed by atoms with Gasteiger partial charge in [0.1, 0.15) is 6.07 Å². The van der Waals surface area contributed by atoms with E-state index in [-0.39, 0.29) is 5.91 Å². The highest BCUT2D eigenvalue weighted by molar-refractivity contribution is 9.10. The topological polar surface area (TPSA) is 52.9 Å². The molecule has 1 rings (SSSR count). The molecular formula is C10H9BrN2O. The molecule has 1 N–H and O–H groups in total. The van der Waals surface area contributed by atoms with Crippen LogP contribution >= 0.6 is 15.9 Å². The Hall–Kier alpha value is -1.34. The second-order valence-corrected chi connectivity index (χ2v) is 3.74. The Bertz CT molecular complexity index is 421. The van der Waals surface area contributed by atoms with Gasteiger partial charge in [-0.1, -0.05) is 15.9 Å². The number of amides is 1. The number of nitrogens with zero attached hydrogens (tertiary/aromatic N) is 1. The Balaban J connectivity index is 3.26. The Morgan fingerprint density at radius 1 is 1.57 bits per heavy atom. The summed E-state index contributed by atoms with van der Waals surface area (Å²) in [5, 5.41) is 11.5. The van der Waals surface area contributed by atoms with E-state index in [1.165, 1.54) is 6.92 Å². The molecule has 0 spiro atoms. The van der Waals surface area contributed by atoms with Crippen molar-refractivity contribution in [1.82, 2.24) is 0 Å². The molecule has 0 heterocycles. The summed E-state index contributed by atoms with van der Waals surface area (Å²) >= 11 is 3.32. The predicted octanol–water partition coefficient (Wildman–Crippen LogP) is 2.59. The Morgan fingerprint density at radius 3 is 2.71 bits per heavy atom. The Kier molecular flexibility index (Phi) is 3.26. The highest BCUT2D eigenvalue weighted by Gasteiger charge is 2.08. The average Bonchev–Trinajstić information content (AvgIpc) is 2.11. The molecule has 1 amide bonds. The van der Waals surface area contributed by atoms with Crippen molar-refractivity contribution in [2.75, 3.05) is 5.32 Å². The summed E-state index contributed by atoms with van der Waals surface area (Å²) in [6, 6.07) is 5.58. The summed E-state index contributed by atoms with van der Waals surface area (Å²) in [6.45, 7) is 3.24. The Morgan fingerprint density at radius 2 is 2.21 bits per heavy atom. The summed E-state index contributed by atoms with van der Waals surface area (Å²) in [7, 11) is 0. The predicted molar refractivity (Wildman–Crippen MR) is 57.9 cm³/mol. The zero-order valence-corrected chi connectivity index (χ0v) is 9.47. The fraction of sp³-hybridized carbons (Fsp3) is 0.200. The third kappa shape index (κ3) is 2.12. The van der Waals surface area contributed by atoms with Crippen LogP contribution in [0.3, 0.4) is 0 Å². The van der Waals surface area contributed by atoms with Gasteiger partial charge in [-0.2, -0.15) is 5.26 Å². The molecule has 0 fully saturated rings. The van der Waals surface area contributed by atoms with Gasteiger partial charge in [0.25, 0.3) is 0 Å². The van der Waals surface area contributed by atoms with Crippen LogP contribution in [-0.2, 0) is 4.79 Å². The molecular weight excluding hydrogens is 244 g/mol. The van der Waals surface area contributed by atoms with Crippen molar-refractivity contribution in [3.8, 4) is 6.07 Å². The van der Waals surface area contributed by atoms with Crippen LogP contribution in [0.5, 0.6) is 0 Å². The van der Waals surface area contributed by atoms with E-state index in [4.69, 9.17) is 5.26 Å². The number of hydrogen-bond acceptors (Lipinski definition) is 2. The number of carbonyl (C=O) groups excluding carboxylic acids is 1. The number of benzene rings is 1. The largest absolute Gasteiger partial charge is 0.325 e. The number of nitriles is 1. The van der Waals surface area contributed by atoms with Crippen LogP contribution in [0.15, 0.2) is 16.6 Å². The molecule has 0 atom stereocenters. The van der Waals surface area contributed by atoms with Crippen LogP contribution in [-0.4, -0.2) is 5.91 Å². The lowest BCUT2D eigenvalue weighted by Gasteiger charge is -2.08. The number of carbonyl (C=O) groups is 1. The summed E-state index contributed by atoms with van der Waals surface area (Å²) < 4.78 is 0.864. The fourth-order valence-electron chi connectivity index (χ4n) is 1.12. The third-order valence-corrected chi connectivity index (χ3v) is 2.68. The average molecular weight is 253 g/mol. The first kappa shape index (κ1) is 10.7. The van der Waals surface area contributed by atoms with Crippen molar-refractivity contribution in [2.24, 2.45) is 0 Å². The van der Waals surface area contributed by atoms with Gasteiger partial charge in [0.2, 0.25) is 5.91 Å². The van der Waals surface area contributed by atoms with Crippen LogP contribution in [0.4, 0.5) is 5.69 Å². The standard InChI is InChI=1S/C10H9BrN2O/c1-6-8(5-12)10(13-7(2)14)4-3-9(6)11/h3-4H,1-2H3,(H,13,14). The van der Waals surface area contributed by atoms with Gasteiger partial charge < -0.3 is 5.32 Å². The highest BCUT2D eigenvalue weighted by Crippen LogP contribution is 2.25. The highest BCUT2D eigenvalue weighted by atomic mass is 79.9. The van der Waals surface area contributed by atoms with Gasteiger partial charge in [0, 0.05) is 11.4 Å². The van der Waals surface area contributed by atoms with Gasteiger partial charge in [-0.05, 0) is 24.6 Å². The first-order valence-corrected chi connectivity index (χ1v) is 4.82. The SMILES string of the molecule is CC(=O)Nc1ccc(Br)c(C)c1C#N. The molecule has 0 saturated carbocycles. The quantitative estimate of drug-likeness (QED) is 0.836. The summed E-state index contributed by atoms with van der Waals surface area (Å²) in [5.41, 5.74) is 1.88. The number of nitrogens with one attached hydrogen (secondary N) is 1. The molecule has 0 aliphatic rings. The summed E-state index contributed by atoms with van der Waals surface area (Å²) in [4.78, 5) is 10.8. The van der Waals surface area contributed by atoms with Crippen molar-refractivity contribution < 1.29 is 4.79 Å². The molecule has 0 aromatic heterocycles. The zero-order valence-electron chi connectivity index (χ0n) is 7.89. The first-order chi connectivity index (χ1) is 6.56. The molecule has 4 heteroatoms. The van der Waals surface area contributed by atoms with E-state index in [0.29, 0.717) is 11.3 Å². The van der Waals surface area contributed by atoms with Crippen molar-refractivity contribution in [3.63, 3.8) is 0 Å². The molecule has 0 aliphatic carbocycles. The van der Waals surface area contributed by atoms with Gasteiger partial charge in [-0.3, -0.25) is 4.79 Å². The van der Waals surface area contributed by atoms with Gasteiger partial charge in [0.15, 0.2) is 0 Å². The minimum absolute atomic E-state index is 0.178. The maximum absolute atomic E-state index is 10.8. The van der Waals surface area contributed by atoms with Gasteiger partial charge in [-0.15, -0.1) is 0 Å². The maximum Gasteiger partial charge on any atom is 0.221 e. The van der Waals surface area contributed by atoms with Gasteiger partial charge >= 0.3 is 0 Å². The van der Waals surface area contributed by atoms with Crippen molar-refractivity contribution >= 4 is 27.5 Å². The van der Waals surface area contributed by atoms with E-state index in [9.17, 15) is 4.79 Å². The summed E-state index contributed by atoms with van der Waals surface area (Å²) in [5.74, 6) is -0.178. The number of anilines is 1. The van der Waals surface area contributed by atoms with Crippen molar-refractivity contribution in [3.05, 3.63) is 27.7 Å². The van der Waals surface area contributed by atoms with Gasteiger partial charge in [-0.25, -0.2) is 0 Å². The third-order valence-electron chi connectivity index (χ3n) is 1.82. The number of rotatable bonds is 1. The van der Waals surface area contributed by atoms with Crippen molar-refractivity contribution in [1.29, 1.82) is 5.26 Å². The van der Waals surface area contributed by atoms with Gasteiger partial charge in [0.05, 0.1) is 11.3 Å². The van der Waals surface area contributed by atoms with E-state index in [1.807, 2.05) is 6.92 Å². The maximum atomic E-state index is 10.8. The van der Waals surface area contributed by atoms with Crippen LogP contribution < -0.4 is 5.32 Å². The lowest BCUT2D eigenvalue weighted by atomic mass is 10.1. The van der Waals surface area contributed by atoms with E-state index in [2.05, 4.69) is 27.3 Å². The van der Waals surface area contributed by atoms with E-state index < -0.39 is 0 Å². The van der Waals surface area contributed by atoms with Crippen molar-refractivity contribution in [2.45, 2.75) is 13.8 Å². The number of hydrogen-bond donors (Lipinski definition) is 1. The molecule has 3 nitrogen and oxygen atoms in total. The second kappa shape index (κ2) is 4.25. The van der Waals surface area contributed by atoms with Crippen LogP contribution in [0.1, 0.15) is 18.1 Å². The molecule has 14 heavy (non-hydrogen) atoms. The molecule has 0 bridgehead atoms. The first-order valence-electron chi connectivity index (χ1n) is 4.03. The molecule has 72 valence electrons. The van der Waals surface area contributed by atoms with Crippen LogP contribution in [0.25, 0.3) is 0 Å². The number of halogens is 1. The molecule has 1 aromatic carbocycles. The Labute approximate surface area is 90.9 Å². The molecule has 0 aliphatic heterocycles. The second-order valence-electron chi connectivity index (χ2n) is 2.89. The minimum Gasteiger partial charge on any atom is -0.325 e. The molecule has 0 unspecified atom stereocenters. The lowest BCUT2D eigenvalue weighted by Crippen LogP contribution is -2.08. The normalized spacial score (nSPS) is 9.29. The minimum atomic E-state index is -0.178. The van der Waals surface area contributed by atoms with Crippen LogP contribution in [0.2, 0.25) is 0 Å². The van der Waals surface area contributed by atoms with Crippen LogP contribution in [0, 0.1) is 18.3 Å². The van der Waals surface area contributed by atoms with E-state index in [1.54, 1.807) is 12.1 Å². The smallest absolute Gasteiger partial charge is 0.221 e.